The maximum atomic E-state index is 12.0. The Kier molecular flexibility index (Phi) is 4.98. The van der Waals surface area contributed by atoms with Gasteiger partial charge in [0.15, 0.2) is 0 Å². The number of rotatable bonds is 5. The van der Waals surface area contributed by atoms with Crippen LogP contribution in [-0.2, 0) is 9.59 Å². The van der Waals surface area contributed by atoms with Crippen LogP contribution >= 0.6 is 0 Å². The van der Waals surface area contributed by atoms with E-state index in [4.69, 9.17) is 0 Å². The number of carbonyl (C=O) groups excluding carboxylic acids is 2. The number of carbonyl (C=O) groups is 2. The van der Waals surface area contributed by atoms with E-state index in [2.05, 4.69) is 33.0 Å². The van der Waals surface area contributed by atoms with Crippen molar-refractivity contribution >= 4 is 12.2 Å². The van der Waals surface area contributed by atoms with Crippen molar-refractivity contribution in [3.8, 4) is 0 Å². The van der Waals surface area contributed by atoms with Gasteiger partial charge >= 0.3 is 0 Å². The predicted octanol–water partition coefficient (Wildman–Crippen LogP) is 2.15. The Balaban J connectivity index is 4.78. The van der Waals surface area contributed by atoms with Crippen LogP contribution in [0.5, 0.6) is 0 Å². The SMILES string of the molecule is CCCC(C)(C(=O)NCC=O)C(C)(C)C. The third-order valence-electron chi connectivity index (χ3n) is 3.25. The van der Waals surface area contributed by atoms with E-state index in [0.717, 1.165) is 12.8 Å². The first kappa shape index (κ1) is 14.1. The summed E-state index contributed by atoms with van der Waals surface area (Å²) < 4.78 is 0. The Morgan fingerprint density at radius 3 is 2.13 bits per heavy atom. The van der Waals surface area contributed by atoms with Crippen molar-refractivity contribution in [1.29, 1.82) is 0 Å². The molecule has 3 heteroatoms. The van der Waals surface area contributed by atoms with Crippen molar-refractivity contribution < 1.29 is 9.59 Å². The van der Waals surface area contributed by atoms with Crippen molar-refractivity contribution in [2.45, 2.75) is 47.5 Å². The van der Waals surface area contributed by atoms with Crippen molar-refractivity contribution in [2.75, 3.05) is 6.54 Å². The summed E-state index contributed by atoms with van der Waals surface area (Å²) >= 11 is 0. The summed E-state index contributed by atoms with van der Waals surface area (Å²) in [7, 11) is 0. The molecule has 0 aromatic rings. The molecular weight excluding hydrogens is 190 g/mol. The second kappa shape index (κ2) is 5.29. The first-order chi connectivity index (χ1) is 6.79. The van der Waals surface area contributed by atoms with Crippen LogP contribution in [-0.4, -0.2) is 18.7 Å². The summed E-state index contributed by atoms with van der Waals surface area (Å²) in [6.45, 7) is 10.3. The number of aldehydes is 1. The Labute approximate surface area is 92.6 Å². The minimum atomic E-state index is -0.412. The van der Waals surface area contributed by atoms with Gasteiger partial charge in [0.2, 0.25) is 5.91 Å². The van der Waals surface area contributed by atoms with Crippen molar-refractivity contribution in [2.24, 2.45) is 10.8 Å². The predicted molar refractivity (Wildman–Crippen MR) is 61.5 cm³/mol. The van der Waals surface area contributed by atoms with Crippen LogP contribution in [0.3, 0.4) is 0 Å². The van der Waals surface area contributed by atoms with Crippen molar-refractivity contribution in [3.05, 3.63) is 0 Å². The van der Waals surface area contributed by atoms with Crippen LogP contribution in [0.25, 0.3) is 0 Å². The number of hydrogen-bond acceptors (Lipinski definition) is 2. The lowest BCUT2D eigenvalue weighted by atomic mass is 9.65. The highest BCUT2D eigenvalue weighted by Crippen LogP contribution is 2.42. The lowest BCUT2D eigenvalue weighted by Crippen LogP contribution is -2.47. The number of hydrogen-bond donors (Lipinski definition) is 1. The van der Waals surface area contributed by atoms with E-state index >= 15 is 0 Å². The van der Waals surface area contributed by atoms with Crippen LogP contribution in [0.15, 0.2) is 0 Å². The Morgan fingerprint density at radius 1 is 1.27 bits per heavy atom. The van der Waals surface area contributed by atoms with Gasteiger partial charge in [-0.3, -0.25) is 4.79 Å². The third-order valence-corrected chi connectivity index (χ3v) is 3.25. The van der Waals surface area contributed by atoms with Crippen LogP contribution in [0.4, 0.5) is 0 Å². The minimum Gasteiger partial charge on any atom is -0.349 e. The zero-order valence-electron chi connectivity index (χ0n) is 10.5. The fraction of sp³-hybridized carbons (Fsp3) is 0.833. The largest absolute Gasteiger partial charge is 0.349 e. The topological polar surface area (TPSA) is 46.2 Å². The molecule has 0 aromatic heterocycles. The average Bonchev–Trinajstić information content (AvgIpc) is 2.12. The van der Waals surface area contributed by atoms with E-state index < -0.39 is 5.41 Å². The van der Waals surface area contributed by atoms with Gasteiger partial charge in [0.1, 0.15) is 6.29 Å². The maximum Gasteiger partial charge on any atom is 0.226 e. The molecule has 0 aliphatic rings. The molecule has 0 saturated carbocycles. The third kappa shape index (κ3) is 3.33. The van der Waals surface area contributed by atoms with Crippen LogP contribution < -0.4 is 5.32 Å². The zero-order chi connectivity index (χ0) is 12.1. The molecule has 1 atom stereocenters. The molecule has 0 fully saturated rings. The molecule has 0 saturated heterocycles. The number of nitrogens with one attached hydrogen (secondary N) is 1. The average molecular weight is 213 g/mol. The molecule has 1 amide bonds. The minimum absolute atomic E-state index is 0.0241. The van der Waals surface area contributed by atoms with Gasteiger partial charge in [-0.25, -0.2) is 0 Å². The highest BCUT2D eigenvalue weighted by molar-refractivity contribution is 5.84. The van der Waals surface area contributed by atoms with E-state index in [1.807, 2.05) is 6.92 Å². The molecule has 1 N–H and O–H groups in total. The number of amides is 1. The molecule has 3 nitrogen and oxygen atoms in total. The van der Waals surface area contributed by atoms with E-state index in [1.165, 1.54) is 0 Å². The van der Waals surface area contributed by atoms with Gasteiger partial charge < -0.3 is 10.1 Å². The van der Waals surface area contributed by atoms with Gasteiger partial charge in [-0.1, -0.05) is 41.0 Å². The van der Waals surface area contributed by atoms with Crippen molar-refractivity contribution in [3.63, 3.8) is 0 Å². The molecule has 0 aliphatic heterocycles. The fourth-order valence-electron chi connectivity index (χ4n) is 1.66. The van der Waals surface area contributed by atoms with Crippen LogP contribution in [0.1, 0.15) is 47.5 Å². The van der Waals surface area contributed by atoms with Crippen molar-refractivity contribution in [1.82, 2.24) is 5.32 Å². The second-order valence-corrected chi connectivity index (χ2v) is 5.21. The molecule has 0 aliphatic carbocycles. The second-order valence-electron chi connectivity index (χ2n) is 5.21. The van der Waals surface area contributed by atoms with Crippen LogP contribution in [0, 0.1) is 10.8 Å². The molecule has 15 heavy (non-hydrogen) atoms. The Hall–Kier alpha value is -0.860. The quantitative estimate of drug-likeness (QED) is 0.711. The van der Waals surface area contributed by atoms with E-state index in [-0.39, 0.29) is 17.9 Å². The molecule has 0 heterocycles. The van der Waals surface area contributed by atoms with Gasteiger partial charge in [-0.15, -0.1) is 0 Å². The van der Waals surface area contributed by atoms with E-state index in [1.54, 1.807) is 0 Å². The standard InChI is InChI=1S/C12H23NO2/c1-6-7-12(5,11(2,3)4)10(15)13-8-9-14/h9H,6-8H2,1-5H3,(H,13,15). The molecule has 0 rings (SSSR count). The summed E-state index contributed by atoms with van der Waals surface area (Å²) in [5.74, 6) is -0.0241. The molecule has 1 unspecified atom stereocenters. The monoisotopic (exact) mass is 213 g/mol. The fourth-order valence-corrected chi connectivity index (χ4v) is 1.66. The summed E-state index contributed by atoms with van der Waals surface area (Å²) in [4.78, 5) is 22.2. The molecule has 0 spiro atoms. The van der Waals surface area contributed by atoms with Gasteiger partial charge in [-0.05, 0) is 11.8 Å². The molecular formula is C12H23NO2. The highest BCUT2D eigenvalue weighted by Gasteiger charge is 2.42. The molecule has 0 aromatic carbocycles. The Bertz CT molecular complexity index is 230. The molecule has 88 valence electrons. The van der Waals surface area contributed by atoms with E-state index in [9.17, 15) is 9.59 Å². The highest BCUT2D eigenvalue weighted by atomic mass is 16.2. The molecule has 0 radical (unpaired) electrons. The van der Waals surface area contributed by atoms with Gasteiger partial charge in [0.25, 0.3) is 0 Å². The lowest BCUT2D eigenvalue weighted by molar-refractivity contribution is -0.137. The summed E-state index contributed by atoms with van der Waals surface area (Å²) in [6.07, 6.45) is 2.51. The maximum absolute atomic E-state index is 12.0. The first-order valence-electron chi connectivity index (χ1n) is 5.51. The van der Waals surface area contributed by atoms with Gasteiger partial charge in [0, 0.05) is 0 Å². The normalized spacial score (nSPS) is 15.5. The smallest absolute Gasteiger partial charge is 0.226 e. The van der Waals surface area contributed by atoms with Gasteiger partial charge in [-0.2, -0.15) is 0 Å². The van der Waals surface area contributed by atoms with Gasteiger partial charge in [0.05, 0.1) is 12.0 Å². The lowest BCUT2D eigenvalue weighted by Gasteiger charge is -2.40. The molecule has 0 bridgehead atoms. The zero-order valence-corrected chi connectivity index (χ0v) is 10.5. The first-order valence-corrected chi connectivity index (χ1v) is 5.51. The summed E-state index contributed by atoms with van der Waals surface area (Å²) in [5, 5.41) is 2.66. The summed E-state index contributed by atoms with van der Waals surface area (Å²) in [5.41, 5.74) is -0.513. The Morgan fingerprint density at radius 2 is 1.80 bits per heavy atom. The van der Waals surface area contributed by atoms with E-state index in [0.29, 0.717) is 6.29 Å². The summed E-state index contributed by atoms with van der Waals surface area (Å²) in [6, 6.07) is 0. The van der Waals surface area contributed by atoms with Crippen LogP contribution in [0.2, 0.25) is 0 Å².